The number of hydrogen-bond donors (Lipinski definition) is 1. The fourth-order valence-electron chi connectivity index (χ4n) is 2.29. The number of nitro benzene ring substituents is 1. The van der Waals surface area contributed by atoms with Crippen LogP contribution in [0.15, 0.2) is 18.2 Å². The van der Waals surface area contributed by atoms with Gasteiger partial charge in [0.15, 0.2) is 0 Å². The molecular weight excluding hydrogens is 242 g/mol. The Balaban J connectivity index is 2.10. The molecule has 0 bridgehead atoms. The smallest absolute Gasteiger partial charge is 0.287 e. The molecule has 1 fully saturated rings. The molecule has 0 saturated heterocycles. The Morgan fingerprint density at radius 3 is 2.68 bits per heavy atom. The highest BCUT2D eigenvalue weighted by atomic mass is 16.6. The van der Waals surface area contributed by atoms with E-state index in [9.17, 15) is 10.1 Å². The molecule has 1 aromatic carbocycles. The topological polar surface area (TPSA) is 79.0 Å². The Hall–Kier alpha value is -2.09. The molecule has 0 spiro atoms. The first-order valence-electron chi connectivity index (χ1n) is 6.41. The fraction of sp³-hybridized carbons (Fsp3) is 0.500. The Morgan fingerprint density at radius 1 is 1.53 bits per heavy atom. The molecule has 19 heavy (non-hydrogen) atoms. The minimum atomic E-state index is -0.529. The van der Waals surface area contributed by atoms with Crippen LogP contribution in [0.5, 0.6) is 0 Å². The number of benzene rings is 1. The van der Waals surface area contributed by atoms with Crippen molar-refractivity contribution >= 4 is 11.4 Å². The lowest BCUT2D eigenvalue weighted by Crippen LogP contribution is -2.20. The van der Waals surface area contributed by atoms with Gasteiger partial charge in [-0.05, 0) is 36.3 Å². The van der Waals surface area contributed by atoms with E-state index in [0.29, 0.717) is 11.3 Å². The van der Waals surface area contributed by atoms with E-state index in [1.54, 1.807) is 12.1 Å². The number of anilines is 1. The second-order valence-electron chi connectivity index (χ2n) is 5.47. The van der Waals surface area contributed by atoms with Crippen LogP contribution in [0.25, 0.3) is 0 Å². The Kier molecular flexibility index (Phi) is 3.43. The minimum absolute atomic E-state index is 0.101. The van der Waals surface area contributed by atoms with Crippen LogP contribution >= 0.6 is 0 Å². The van der Waals surface area contributed by atoms with Crippen molar-refractivity contribution in [2.45, 2.75) is 26.7 Å². The summed E-state index contributed by atoms with van der Waals surface area (Å²) in [5.74, 6) is 0.619. The van der Waals surface area contributed by atoms with Crippen molar-refractivity contribution in [3.63, 3.8) is 0 Å². The van der Waals surface area contributed by atoms with Gasteiger partial charge in [-0.15, -0.1) is 0 Å². The molecule has 5 heteroatoms. The van der Waals surface area contributed by atoms with E-state index in [1.807, 2.05) is 6.07 Å². The quantitative estimate of drug-likeness (QED) is 0.649. The Bertz CT molecular complexity index is 542. The first-order chi connectivity index (χ1) is 8.98. The molecule has 1 saturated carbocycles. The van der Waals surface area contributed by atoms with Gasteiger partial charge in [0.25, 0.3) is 5.69 Å². The van der Waals surface area contributed by atoms with Crippen LogP contribution in [0.1, 0.15) is 32.3 Å². The van der Waals surface area contributed by atoms with Crippen LogP contribution in [0, 0.1) is 32.8 Å². The number of nitriles is 1. The van der Waals surface area contributed by atoms with E-state index in [0.717, 1.165) is 12.2 Å². The minimum Gasteiger partial charge on any atom is -0.384 e. The standard InChI is InChI=1S/C14H17N3O2/c1-10(2)14(5-6-14)9-16-12-3-4-13(17(18)19)11(7-12)8-15/h3-4,7,10,16H,5-6,9H2,1-2H3. The van der Waals surface area contributed by atoms with E-state index in [2.05, 4.69) is 19.2 Å². The number of nitrogens with zero attached hydrogens (tertiary/aromatic N) is 2. The van der Waals surface area contributed by atoms with Crippen molar-refractivity contribution in [3.05, 3.63) is 33.9 Å². The van der Waals surface area contributed by atoms with Crippen LogP contribution < -0.4 is 5.32 Å². The highest BCUT2D eigenvalue weighted by Gasteiger charge is 2.44. The Morgan fingerprint density at radius 2 is 2.21 bits per heavy atom. The highest BCUT2D eigenvalue weighted by Crippen LogP contribution is 2.51. The normalized spacial score (nSPS) is 15.9. The van der Waals surface area contributed by atoms with Gasteiger partial charge in [-0.1, -0.05) is 13.8 Å². The van der Waals surface area contributed by atoms with Crippen molar-refractivity contribution in [2.75, 3.05) is 11.9 Å². The van der Waals surface area contributed by atoms with Crippen molar-refractivity contribution < 1.29 is 4.92 Å². The molecule has 1 aliphatic rings. The number of nitro groups is 1. The second-order valence-corrected chi connectivity index (χ2v) is 5.47. The maximum Gasteiger partial charge on any atom is 0.287 e. The van der Waals surface area contributed by atoms with E-state index in [4.69, 9.17) is 5.26 Å². The van der Waals surface area contributed by atoms with Crippen LogP contribution in [0.4, 0.5) is 11.4 Å². The van der Waals surface area contributed by atoms with Crippen LogP contribution in [-0.4, -0.2) is 11.5 Å². The van der Waals surface area contributed by atoms with Crippen molar-refractivity contribution in [1.82, 2.24) is 0 Å². The van der Waals surface area contributed by atoms with Crippen LogP contribution in [-0.2, 0) is 0 Å². The third-order valence-electron chi connectivity index (χ3n) is 4.08. The average molecular weight is 259 g/mol. The third-order valence-corrected chi connectivity index (χ3v) is 4.08. The predicted octanol–water partition coefficient (Wildman–Crippen LogP) is 3.31. The average Bonchev–Trinajstić information content (AvgIpc) is 3.17. The van der Waals surface area contributed by atoms with Gasteiger partial charge in [-0.2, -0.15) is 5.26 Å². The third kappa shape index (κ3) is 2.68. The second kappa shape index (κ2) is 4.88. The van der Waals surface area contributed by atoms with E-state index in [1.165, 1.54) is 18.9 Å². The van der Waals surface area contributed by atoms with Gasteiger partial charge in [-0.25, -0.2) is 0 Å². The molecule has 0 atom stereocenters. The summed E-state index contributed by atoms with van der Waals surface area (Å²) in [6.45, 7) is 5.28. The molecule has 0 aliphatic heterocycles. The molecule has 0 unspecified atom stereocenters. The Labute approximate surface area is 112 Å². The molecule has 5 nitrogen and oxygen atoms in total. The van der Waals surface area contributed by atoms with Gasteiger partial charge in [0.2, 0.25) is 0 Å². The summed E-state index contributed by atoms with van der Waals surface area (Å²) in [5.41, 5.74) is 1.09. The summed E-state index contributed by atoms with van der Waals surface area (Å²) in [7, 11) is 0. The summed E-state index contributed by atoms with van der Waals surface area (Å²) in [6.07, 6.45) is 2.44. The van der Waals surface area contributed by atoms with E-state index >= 15 is 0 Å². The molecule has 0 radical (unpaired) electrons. The van der Waals surface area contributed by atoms with Gasteiger partial charge < -0.3 is 5.32 Å². The number of nitrogens with one attached hydrogen (secondary N) is 1. The zero-order valence-electron chi connectivity index (χ0n) is 11.1. The van der Waals surface area contributed by atoms with E-state index in [-0.39, 0.29) is 11.3 Å². The lowest BCUT2D eigenvalue weighted by molar-refractivity contribution is -0.385. The van der Waals surface area contributed by atoms with Crippen molar-refractivity contribution in [2.24, 2.45) is 11.3 Å². The summed E-state index contributed by atoms with van der Waals surface area (Å²) in [5, 5.41) is 23.0. The van der Waals surface area contributed by atoms with Crippen LogP contribution in [0.3, 0.4) is 0 Å². The first kappa shape index (κ1) is 13.3. The van der Waals surface area contributed by atoms with Gasteiger partial charge in [0, 0.05) is 18.3 Å². The zero-order valence-corrected chi connectivity index (χ0v) is 11.1. The lowest BCUT2D eigenvalue weighted by atomic mass is 9.92. The molecule has 1 N–H and O–H groups in total. The first-order valence-corrected chi connectivity index (χ1v) is 6.41. The maximum atomic E-state index is 10.7. The van der Waals surface area contributed by atoms with Crippen molar-refractivity contribution in [3.8, 4) is 6.07 Å². The van der Waals surface area contributed by atoms with Gasteiger partial charge in [0.05, 0.1) is 4.92 Å². The summed E-state index contributed by atoms with van der Waals surface area (Å²) >= 11 is 0. The molecule has 0 amide bonds. The molecule has 0 aromatic heterocycles. The number of hydrogen-bond acceptors (Lipinski definition) is 4. The molecule has 2 rings (SSSR count). The monoisotopic (exact) mass is 259 g/mol. The maximum absolute atomic E-state index is 10.7. The zero-order chi connectivity index (χ0) is 14.0. The lowest BCUT2D eigenvalue weighted by Gasteiger charge is -2.20. The summed E-state index contributed by atoms with van der Waals surface area (Å²) < 4.78 is 0. The fourth-order valence-corrected chi connectivity index (χ4v) is 2.29. The molecule has 100 valence electrons. The molecule has 1 aliphatic carbocycles. The summed E-state index contributed by atoms with van der Waals surface area (Å²) in [6, 6.07) is 6.47. The van der Waals surface area contributed by atoms with Crippen molar-refractivity contribution in [1.29, 1.82) is 5.26 Å². The molecule has 0 heterocycles. The molecular formula is C14H17N3O2. The highest BCUT2D eigenvalue weighted by molar-refractivity contribution is 5.58. The van der Waals surface area contributed by atoms with Crippen LogP contribution in [0.2, 0.25) is 0 Å². The summed E-state index contributed by atoms with van der Waals surface area (Å²) in [4.78, 5) is 10.2. The SMILES string of the molecule is CC(C)C1(CNc2ccc([N+](=O)[O-])c(C#N)c2)CC1. The number of rotatable bonds is 5. The van der Waals surface area contributed by atoms with Gasteiger partial charge in [-0.3, -0.25) is 10.1 Å². The van der Waals surface area contributed by atoms with Gasteiger partial charge >= 0.3 is 0 Å². The predicted molar refractivity (Wildman–Crippen MR) is 72.8 cm³/mol. The van der Waals surface area contributed by atoms with Gasteiger partial charge in [0.1, 0.15) is 11.6 Å². The largest absolute Gasteiger partial charge is 0.384 e. The molecule has 1 aromatic rings. The van der Waals surface area contributed by atoms with E-state index < -0.39 is 4.92 Å².